The number of nitrogens with one attached hydrogen (secondary N) is 5. The number of carboxylic acid groups (broad SMARTS) is 1. The monoisotopic (exact) mass is 562 g/mol. The van der Waals surface area contributed by atoms with Crippen LogP contribution in [-0.2, 0) is 32.0 Å². The summed E-state index contributed by atoms with van der Waals surface area (Å²) < 4.78 is 0. The molecule has 0 aliphatic rings. The van der Waals surface area contributed by atoms with Crippen LogP contribution >= 0.6 is 0 Å². The average Bonchev–Trinajstić information content (AvgIpc) is 3.54. The Balaban J connectivity index is 1.50. The van der Waals surface area contributed by atoms with Gasteiger partial charge in [0.1, 0.15) is 12.1 Å². The number of hydrogen-bond donors (Lipinski definition) is 8. The summed E-state index contributed by atoms with van der Waals surface area (Å²) >= 11 is 0. The normalized spacial score (nSPS) is 15.0. The van der Waals surface area contributed by atoms with Crippen LogP contribution in [0.15, 0.2) is 60.9 Å². The van der Waals surface area contributed by atoms with E-state index in [1.807, 2.05) is 48.5 Å². The van der Waals surface area contributed by atoms with E-state index in [2.05, 4.69) is 25.9 Å². The molecule has 0 radical (unpaired) electrons. The number of benzene rings is 2. The maximum absolute atomic E-state index is 13.4. The van der Waals surface area contributed by atoms with E-state index < -0.39 is 54.0 Å². The van der Waals surface area contributed by atoms with Crippen LogP contribution in [0.5, 0.6) is 0 Å². The first kappa shape index (κ1) is 29.3. The summed E-state index contributed by atoms with van der Waals surface area (Å²) in [4.78, 5) is 56.9. The van der Waals surface area contributed by atoms with Gasteiger partial charge in [0.2, 0.25) is 17.7 Å². The van der Waals surface area contributed by atoms with Gasteiger partial charge >= 0.3 is 5.97 Å². The van der Waals surface area contributed by atoms with Gasteiger partial charge in [-0.1, -0.05) is 36.4 Å². The molecule has 12 heteroatoms. The summed E-state index contributed by atoms with van der Waals surface area (Å²) in [5.41, 5.74) is 9.66. The molecule has 0 bridgehead atoms. The summed E-state index contributed by atoms with van der Waals surface area (Å²) in [6.45, 7) is 2.61. The zero-order valence-corrected chi connectivity index (χ0v) is 22.7. The van der Waals surface area contributed by atoms with Crippen LogP contribution in [0.25, 0.3) is 21.8 Å². The number of H-pyrrole nitrogens is 2. The lowest BCUT2D eigenvalue weighted by Crippen LogP contribution is -2.58. The lowest BCUT2D eigenvalue weighted by Gasteiger charge is -2.24. The van der Waals surface area contributed by atoms with E-state index >= 15 is 0 Å². The molecular weight excluding hydrogens is 528 g/mol. The van der Waals surface area contributed by atoms with Crippen molar-refractivity contribution in [2.75, 3.05) is 0 Å². The molecule has 0 fully saturated rings. The van der Waals surface area contributed by atoms with Gasteiger partial charge in [0.25, 0.3) is 0 Å². The van der Waals surface area contributed by atoms with E-state index in [-0.39, 0.29) is 12.8 Å². The minimum atomic E-state index is -1.55. The first-order valence-electron chi connectivity index (χ1n) is 13.2. The molecule has 0 aliphatic carbocycles. The standard InChI is InChI=1S/C29H34N6O6/c1-15(26(37)35-25(16(2)36)29(40)41)33-28(39)24(12-18-14-32-23-10-6-4-8-20(18)23)34-27(38)21(30)11-17-13-31-22-9-5-3-7-19(17)22/h3-10,13-16,21,24-25,31-32,36H,11-12,30H2,1-2H3,(H,33,39)(H,34,38)(H,35,37)(H,40,41). The van der Waals surface area contributed by atoms with E-state index in [4.69, 9.17) is 5.73 Å². The van der Waals surface area contributed by atoms with Crippen LogP contribution in [0.3, 0.4) is 0 Å². The molecule has 2 aromatic heterocycles. The summed E-state index contributed by atoms with van der Waals surface area (Å²) in [5.74, 6) is -3.43. The van der Waals surface area contributed by atoms with Crippen molar-refractivity contribution in [2.45, 2.75) is 57.0 Å². The molecule has 4 aromatic rings. The van der Waals surface area contributed by atoms with Gasteiger partial charge in [-0.2, -0.15) is 0 Å². The molecule has 5 atom stereocenters. The Morgan fingerprint density at radius 3 is 1.85 bits per heavy atom. The molecule has 3 amide bonds. The minimum Gasteiger partial charge on any atom is -0.480 e. The van der Waals surface area contributed by atoms with E-state index in [9.17, 15) is 29.4 Å². The number of nitrogens with two attached hydrogens (primary N) is 1. The first-order valence-corrected chi connectivity index (χ1v) is 13.2. The van der Waals surface area contributed by atoms with E-state index in [1.165, 1.54) is 13.8 Å². The van der Waals surface area contributed by atoms with Crippen molar-refractivity contribution in [3.8, 4) is 0 Å². The number of para-hydroxylation sites is 2. The van der Waals surface area contributed by atoms with Crippen molar-refractivity contribution in [1.82, 2.24) is 25.9 Å². The molecule has 0 saturated carbocycles. The molecule has 4 rings (SSSR count). The fraction of sp³-hybridized carbons (Fsp3) is 0.310. The number of carbonyl (C=O) groups excluding carboxylic acids is 3. The highest BCUT2D eigenvalue weighted by Crippen LogP contribution is 2.20. The summed E-state index contributed by atoms with van der Waals surface area (Å²) in [5, 5.41) is 28.2. The van der Waals surface area contributed by atoms with Crippen molar-refractivity contribution >= 4 is 45.5 Å². The molecule has 0 saturated heterocycles. The van der Waals surface area contributed by atoms with Crippen molar-refractivity contribution in [2.24, 2.45) is 5.73 Å². The molecular formula is C29H34N6O6. The van der Waals surface area contributed by atoms with Gasteiger partial charge in [0.05, 0.1) is 12.1 Å². The molecule has 9 N–H and O–H groups in total. The molecule has 216 valence electrons. The number of carbonyl (C=O) groups is 4. The van der Waals surface area contributed by atoms with Gasteiger partial charge in [-0.3, -0.25) is 14.4 Å². The number of aromatic nitrogens is 2. The number of hydrogen-bond acceptors (Lipinski definition) is 6. The van der Waals surface area contributed by atoms with Crippen LogP contribution in [0, 0.1) is 0 Å². The maximum Gasteiger partial charge on any atom is 0.328 e. The zero-order chi connectivity index (χ0) is 29.7. The number of aliphatic hydroxyl groups is 1. The van der Waals surface area contributed by atoms with Crippen LogP contribution in [0.2, 0.25) is 0 Å². The van der Waals surface area contributed by atoms with E-state index in [0.717, 1.165) is 32.9 Å². The molecule has 0 spiro atoms. The smallest absolute Gasteiger partial charge is 0.328 e. The second-order valence-electron chi connectivity index (χ2n) is 10.1. The molecule has 5 unspecified atom stereocenters. The second-order valence-corrected chi connectivity index (χ2v) is 10.1. The summed E-state index contributed by atoms with van der Waals surface area (Å²) in [6.07, 6.45) is 2.52. The predicted molar refractivity (Wildman–Crippen MR) is 153 cm³/mol. The van der Waals surface area contributed by atoms with Crippen LogP contribution in [0.1, 0.15) is 25.0 Å². The highest BCUT2D eigenvalue weighted by Gasteiger charge is 2.30. The Morgan fingerprint density at radius 2 is 1.32 bits per heavy atom. The van der Waals surface area contributed by atoms with Gasteiger partial charge in [0.15, 0.2) is 6.04 Å². The van der Waals surface area contributed by atoms with E-state index in [0.29, 0.717) is 0 Å². The molecule has 2 heterocycles. The Hall–Kier alpha value is -4.68. The van der Waals surface area contributed by atoms with Crippen LogP contribution in [0.4, 0.5) is 0 Å². The third-order valence-corrected chi connectivity index (χ3v) is 6.98. The van der Waals surface area contributed by atoms with Crippen molar-refractivity contribution in [1.29, 1.82) is 0 Å². The first-order chi connectivity index (χ1) is 19.5. The average molecular weight is 563 g/mol. The predicted octanol–water partition coefficient (Wildman–Crippen LogP) is 0.701. The fourth-order valence-electron chi connectivity index (χ4n) is 4.69. The van der Waals surface area contributed by atoms with E-state index in [1.54, 1.807) is 12.4 Å². The van der Waals surface area contributed by atoms with Gasteiger partial charge < -0.3 is 41.9 Å². The van der Waals surface area contributed by atoms with Gasteiger partial charge in [-0.25, -0.2) is 4.79 Å². The number of aliphatic carboxylic acids is 1. The number of fused-ring (bicyclic) bond motifs is 2. The topological polar surface area (TPSA) is 202 Å². The van der Waals surface area contributed by atoms with Crippen LogP contribution < -0.4 is 21.7 Å². The fourth-order valence-corrected chi connectivity index (χ4v) is 4.69. The zero-order valence-electron chi connectivity index (χ0n) is 22.7. The third kappa shape index (κ3) is 6.91. The molecule has 0 aliphatic heterocycles. The molecule has 2 aromatic carbocycles. The summed E-state index contributed by atoms with van der Waals surface area (Å²) in [7, 11) is 0. The number of aliphatic hydroxyl groups excluding tert-OH is 1. The number of rotatable bonds is 12. The quantitative estimate of drug-likeness (QED) is 0.124. The second kappa shape index (κ2) is 12.7. The van der Waals surface area contributed by atoms with Crippen LogP contribution in [-0.4, -0.2) is 74.1 Å². The largest absolute Gasteiger partial charge is 0.480 e. The number of aromatic amines is 2. The highest BCUT2D eigenvalue weighted by atomic mass is 16.4. The Labute approximate surface area is 235 Å². The minimum absolute atomic E-state index is 0.0984. The Bertz CT molecular complexity index is 1560. The summed E-state index contributed by atoms with van der Waals surface area (Å²) in [6, 6.07) is 10.4. The van der Waals surface area contributed by atoms with Gasteiger partial charge in [-0.05, 0) is 43.5 Å². The van der Waals surface area contributed by atoms with Crippen molar-refractivity contribution in [3.05, 3.63) is 72.1 Å². The van der Waals surface area contributed by atoms with Gasteiger partial charge in [-0.15, -0.1) is 0 Å². The van der Waals surface area contributed by atoms with Gasteiger partial charge in [0, 0.05) is 40.6 Å². The Morgan fingerprint density at radius 1 is 0.780 bits per heavy atom. The third-order valence-electron chi connectivity index (χ3n) is 6.98. The highest BCUT2D eigenvalue weighted by molar-refractivity contribution is 5.95. The lowest BCUT2D eigenvalue weighted by atomic mass is 10.0. The number of carboxylic acids is 1. The number of amides is 3. The Kier molecular flexibility index (Phi) is 9.05. The maximum atomic E-state index is 13.4. The SMILES string of the molecule is CC(NC(=O)C(Cc1c[nH]c2ccccc12)NC(=O)C(N)Cc1c[nH]c2ccccc12)C(=O)NC(C(=O)O)C(C)O. The van der Waals surface area contributed by atoms with Crippen molar-refractivity contribution in [3.63, 3.8) is 0 Å². The molecule has 12 nitrogen and oxygen atoms in total. The van der Waals surface area contributed by atoms with Crippen molar-refractivity contribution < 1.29 is 29.4 Å². The lowest BCUT2D eigenvalue weighted by molar-refractivity contribution is -0.145. The molecule has 41 heavy (non-hydrogen) atoms.